The minimum Gasteiger partial charge on any atom is -0.497 e. The molecule has 0 atom stereocenters. The molecule has 1 aromatic rings. The lowest BCUT2D eigenvalue weighted by atomic mass is 9.71. The number of hydrogen-bond acceptors (Lipinski definition) is 4. The molecule has 0 bridgehead atoms. The Balaban J connectivity index is 2.37. The number of benzene rings is 1. The Hall–Kier alpha value is -1.26. The first-order chi connectivity index (χ1) is 7.59. The minimum atomic E-state index is -0.862. The van der Waals surface area contributed by atoms with Gasteiger partial charge in [-0.05, 0) is 31.0 Å². The second kappa shape index (κ2) is 3.96. The summed E-state index contributed by atoms with van der Waals surface area (Å²) in [6, 6.07) is 5.49. The fraction of sp³-hybridized carbons (Fsp3) is 0.500. The summed E-state index contributed by atoms with van der Waals surface area (Å²) in [7, 11) is 3.19. The molecule has 16 heavy (non-hydrogen) atoms. The topological polar surface area (TPSA) is 64.7 Å². The first-order valence-corrected chi connectivity index (χ1v) is 5.29. The van der Waals surface area contributed by atoms with E-state index in [0.29, 0.717) is 24.3 Å². The van der Waals surface area contributed by atoms with Crippen molar-refractivity contribution >= 4 is 0 Å². The number of methoxy groups -OCH3 is 2. The molecule has 0 heterocycles. The third-order valence-electron chi connectivity index (χ3n) is 3.11. The van der Waals surface area contributed by atoms with Crippen molar-refractivity contribution in [3.63, 3.8) is 0 Å². The lowest BCUT2D eigenvalue weighted by Gasteiger charge is -2.42. The maximum Gasteiger partial charge on any atom is 0.125 e. The number of ether oxygens (including phenoxy) is 2. The van der Waals surface area contributed by atoms with Gasteiger partial charge in [0.05, 0.1) is 19.8 Å². The monoisotopic (exact) mass is 223 g/mol. The molecule has 2 rings (SSSR count). The average molecular weight is 223 g/mol. The molecule has 1 fully saturated rings. The van der Waals surface area contributed by atoms with E-state index in [1.54, 1.807) is 20.3 Å². The lowest BCUT2D eigenvalue weighted by molar-refractivity contribution is -0.0539. The first-order valence-electron chi connectivity index (χ1n) is 5.29. The van der Waals surface area contributed by atoms with Gasteiger partial charge in [0.15, 0.2) is 0 Å². The van der Waals surface area contributed by atoms with Gasteiger partial charge in [-0.3, -0.25) is 0 Å². The second-order valence-electron chi connectivity index (χ2n) is 4.27. The summed E-state index contributed by atoms with van der Waals surface area (Å²) in [6.45, 7) is 0. The summed E-state index contributed by atoms with van der Waals surface area (Å²) < 4.78 is 10.4. The molecule has 0 unspecified atom stereocenters. The largest absolute Gasteiger partial charge is 0.497 e. The molecule has 0 spiro atoms. The van der Waals surface area contributed by atoms with Crippen LogP contribution in [0.1, 0.15) is 18.4 Å². The van der Waals surface area contributed by atoms with Crippen molar-refractivity contribution in [3.8, 4) is 11.5 Å². The molecular formula is C12H17NO3. The van der Waals surface area contributed by atoms with Crippen LogP contribution in [-0.2, 0) is 5.60 Å². The van der Waals surface area contributed by atoms with Crippen molar-refractivity contribution in [1.29, 1.82) is 0 Å². The maximum atomic E-state index is 10.4. The van der Waals surface area contributed by atoms with Gasteiger partial charge in [-0.1, -0.05) is 0 Å². The lowest BCUT2D eigenvalue weighted by Crippen LogP contribution is -2.49. The predicted octanol–water partition coefficient (Wildman–Crippen LogP) is 1.01. The summed E-state index contributed by atoms with van der Waals surface area (Å²) >= 11 is 0. The number of nitrogens with two attached hydrogens (primary N) is 1. The average Bonchev–Trinajstić information content (AvgIpc) is 2.26. The zero-order valence-corrected chi connectivity index (χ0v) is 9.56. The zero-order chi connectivity index (χ0) is 11.8. The molecule has 88 valence electrons. The van der Waals surface area contributed by atoms with Crippen molar-refractivity contribution in [2.75, 3.05) is 14.2 Å². The number of hydrogen-bond donors (Lipinski definition) is 2. The maximum absolute atomic E-state index is 10.4. The Morgan fingerprint density at radius 1 is 1.31 bits per heavy atom. The van der Waals surface area contributed by atoms with Crippen LogP contribution in [0.2, 0.25) is 0 Å². The van der Waals surface area contributed by atoms with Crippen molar-refractivity contribution < 1.29 is 14.6 Å². The van der Waals surface area contributed by atoms with Crippen LogP contribution in [0.25, 0.3) is 0 Å². The van der Waals surface area contributed by atoms with Gasteiger partial charge >= 0.3 is 0 Å². The second-order valence-corrected chi connectivity index (χ2v) is 4.27. The van der Waals surface area contributed by atoms with Crippen molar-refractivity contribution in [2.24, 2.45) is 5.73 Å². The summed E-state index contributed by atoms with van der Waals surface area (Å²) in [6.07, 6.45) is 1.13. The fourth-order valence-electron chi connectivity index (χ4n) is 2.21. The van der Waals surface area contributed by atoms with E-state index in [1.807, 2.05) is 12.1 Å². The Morgan fingerprint density at radius 3 is 2.50 bits per heavy atom. The molecule has 1 aliphatic rings. The Labute approximate surface area is 95.0 Å². The van der Waals surface area contributed by atoms with E-state index < -0.39 is 5.60 Å². The SMILES string of the molecule is COc1ccc(OC)c(C2(O)CC(N)C2)c1. The highest BCUT2D eigenvalue weighted by molar-refractivity contribution is 5.45. The van der Waals surface area contributed by atoms with Gasteiger partial charge in [0.1, 0.15) is 11.5 Å². The molecule has 1 aliphatic carbocycles. The molecule has 0 radical (unpaired) electrons. The van der Waals surface area contributed by atoms with Crippen LogP contribution in [0.15, 0.2) is 18.2 Å². The zero-order valence-electron chi connectivity index (χ0n) is 9.56. The van der Waals surface area contributed by atoms with E-state index in [1.165, 1.54) is 0 Å². The van der Waals surface area contributed by atoms with Crippen molar-refractivity contribution in [1.82, 2.24) is 0 Å². The van der Waals surface area contributed by atoms with Crippen molar-refractivity contribution in [3.05, 3.63) is 23.8 Å². The van der Waals surface area contributed by atoms with Crippen LogP contribution >= 0.6 is 0 Å². The van der Waals surface area contributed by atoms with E-state index in [-0.39, 0.29) is 6.04 Å². The Morgan fingerprint density at radius 2 is 2.00 bits per heavy atom. The molecule has 0 aromatic heterocycles. The van der Waals surface area contributed by atoms with Gasteiger partial charge in [-0.2, -0.15) is 0 Å². The molecule has 0 amide bonds. The van der Waals surface area contributed by atoms with E-state index in [0.717, 1.165) is 5.56 Å². The van der Waals surface area contributed by atoms with Gasteiger partial charge in [0, 0.05) is 11.6 Å². The molecule has 1 aromatic carbocycles. The van der Waals surface area contributed by atoms with Crippen LogP contribution in [0.5, 0.6) is 11.5 Å². The van der Waals surface area contributed by atoms with Gasteiger partial charge in [0.2, 0.25) is 0 Å². The fourth-order valence-corrected chi connectivity index (χ4v) is 2.21. The van der Waals surface area contributed by atoms with Crippen LogP contribution in [-0.4, -0.2) is 25.4 Å². The molecule has 0 saturated heterocycles. The summed E-state index contributed by atoms with van der Waals surface area (Å²) in [4.78, 5) is 0. The quantitative estimate of drug-likeness (QED) is 0.802. The van der Waals surface area contributed by atoms with Crippen LogP contribution in [0.3, 0.4) is 0 Å². The Bertz CT molecular complexity index is 386. The van der Waals surface area contributed by atoms with E-state index in [9.17, 15) is 5.11 Å². The smallest absolute Gasteiger partial charge is 0.125 e. The van der Waals surface area contributed by atoms with Gasteiger partial charge in [-0.15, -0.1) is 0 Å². The van der Waals surface area contributed by atoms with Crippen molar-refractivity contribution in [2.45, 2.75) is 24.5 Å². The highest BCUT2D eigenvalue weighted by atomic mass is 16.5. The summed E-state index contributed by atoms with van der Waals surface area (Å²) in [5.74, 6) is 1.39. The molecule has 4 heteroatoms. The van der Waals surface area contributed by atoms with Gasteiger partial charge < -0.3 is 20.3 Å². The third-order valence-corrected chi connectivity index (χ3v) is 3.11. The molecule has 1 saturated carbocycles. The van der Waals surface area contributed by atoms with E-state index in [2.05, 4.69) is 0 Å². The van der Waals surface area contributed by atoms with E-state index in [4.69, 9.17) is 15.2 Å². The van der Waals surface area contributed by atoms with Crippen LogP contribution in [0.4, 0.5) is 0 Å². The highest BCUT2D eigenvalue weighted by Crippen LogP contribution is 2.45. The van der Waals surface area contributed by atoms with Crippen LogP contribution < -0.4 is 15.2 Å². The summed E-state index contributed by atoms with van der Waals surface area (Å²) in [5, 5.41) is 10.4. The Kier molecular flexibility index (Phi) is 2.78. The first kappa shape index (κ1) is 11.2. The summed E-state index contributed by atoms with van der Waals surface area (Å²) in [5.41, 5.74) is 5.62. The number of rotatable bonds is 3. The molecule has 0 aliphatic heterocycles. The van der Waals surface area contributed by atoms with Crippen LogP contribution in [0, 0.1) is 0 Å². The standard InChI is InChI=1S/C12H17NO3/c1-15-9-3-4-11(16-2)10(5-9)12(14)6-8(13)7-12/h3-5,8,14H,6-7,13H2,1-2H3. The third kappa shape index (κ3) is 1.74. The molecular weight excluding hydrogens is 206 g/mol. The normalized spacial score (nSPS) is 28.4. The predicted molar refractivity (Wildman–Crippen MR) is 60.7 cm³/mol. The highest BCUT2D eigenvalue weighted by Gasteiger charge is 2.44. The molecule has 4 nitrogen and oxygen atoms in total. The van der Waals surface area contributed by atoms with E-state index >= 15 is 0 Å². The number of aliphatic hydroxyl groups is 1. The minimum absolute atomic E-state index is 0.0703. The van der Waals surface area contributed by atoms with Gasteiger partial charge in [0.25, 0.3) is 0 Å². The van der Waals surface area contributed by atoms with Gasteiger partial charge in [-0.25, -0.2) is 0 Å². The molecule has 3 N–H and O–H groups in total.